The lowest BCUT2D eigenvalue weighted by atomic mass is 9.76. The summed E-state index contributed by atoms with van der Waals surface area (Å²) in [5.41, 5.74) is 0.0433. The predicted octanol–water partition coefficient (Wildman–Crippen LogP) is 3.77. The Labute approximate surface area is 99.6 Å². The summed E-state index contributed by atoms with van der Waals surface area (Å²) in [6.07, 6.45) is 2.16. The molecule has 0 spiro atoms. The number of rotatable bonds is 4. The molecule has 0 N–H and O–H groups in total. The first kappa shape index (κ1) is 13.5. The Morgan fingerprint density at radius 3 is 2.06 bits per heavy atom. The van der Waals surface area contributed by atoms with Gasteiger partial charge in [-0.25, -0.2) is 0 Å². The highest BCUT2D eigenvalue weighted by molar-refractivity contribution is 5.13. The maximum atomic E-state index is 4.96. The molecule has 0 bridgehead atoms. The first-order chi connectivity index (χ1) is 7.27. The van der Waals surface area contributed by atoms with E-state index in [2.05, 4.69) is 53.4 Å². The van der Waals surface area contributed by atoms with Crippen LogP contribution in [0.5, 0.6) is 0 Å². The van der Waals surface area contributed by atoms with Gasteiger partial charge in [-0.1, -0.05) is 39.0 Å². The largest absolute Gasteiger partial charge is 0.230 e. The molecule has 0 radical (unpaired) electrons. The summed E-state index contributed by atoms with van der Waals surface area (Å²) < 4.78 is 0. The van der Waals surface area contributed by atoms with E-state index in [9.17, 15) is 0 Å². The van der Waals surface area contributed by atoms with Crippen molar-refractivity contribution in [3.8, 4) is 11.8 Å². The Bertz CT molecular complexity index is 284. The van der Waals surface area contributed by atoms with Gasteiger partial charge < -0.3 is 0 Å². The van der Waals surface area contributed by atoms with Gasteiger partial charge in [0.15, 0.2) is 0 Å². The van der Waals surface area contributed by atoms with Gasteiger partial charge in [0.1, 0.15) is 0 Å². The van der Waals surface area contributed by atoms with Crippen molar-refractivity contribution in [2.45, 2.75) is 60.7 Å². The molecular formula is C14H24O2. The maximum Gasteiger partial charge on any atom is 0.230 e. The van der Waals surface area contributed by atoms with Crippen molar-refractivity contribution in [3.63, 3.8) is 0 Å². The smallest absolute Gasteiger partial charge is 0.198 e. The lowest BCUT2D eigenvalue weighted by Gasteiger charge is -2.27. The van der Waals surface area contributed by atoms with Crippen LogP contribution in [0.3, 0.4) is 0 Å². The Kier molecular flexibility index (Phi) is 4.04. The molecule has 2 nitrogen and oxygen atoms in total. The van der Waals surface area contributed by atoms with Crippen LogP contribution in [0, 0.1) is 28.6 Å². The van der Waals surface area contributed by atoms with Crippen LogP contribution in [0.2, 0.25) is 0 Å². The van der Waals surface area contributed by atoms with Gasteiger partial charge in [-0.3, -0.25) is 0 Å². The molecule has 1 atom stereocenters. The summed E-state index contributed by atoms with van der Waals surface area (Å²) >= 11 is 0. The van der Waals surface area contributed by atoms with E-state index in [1.807, 2.05) is 0 Å². The van der Waals surface area contributed by atoms with E-state index in [1.165, 1.54) is 0 Å². The molecule has 1 fully saturated rings. The molecule has 0 aliphatic carbocycles. The number of hydrogen-bond donors (Lipinski definition) is 0. The van der Waals surface area contributed by atoms with Crippen LogP contribution in [-0.4, -0.2) is 6.29 Å². The van der Waals surface area contributed by atoms with Gasteiger partial charge in [-0.2, -0.15) is 9.78 Å². The Morgan fingerprint density at radius 2 is 1.69 bits per heavy atom. The third kappa shape index (κ3) is 3.81. The minimum Gasteiger partial charge on any atom is -0.198 e. The quantitative estimate of drug-likeness (QED) is 0.412. The summed E-state index contributed by atoms with van der Waals surface area (Å²) in [5, 5.41) is 0. The monoisotopic (exact) mass is 224 g/mol. The summed E-state index contributed by atoms with van der Waals surface area (Å²) in [4.78, 5) is 9.93. The van der Waals surface area contributed by atoms with Crippen molar-refractivity contribution in [2.24, 2.45) is 16.7 Å². The van der Waals surface area contributed by atoms with E-state index in [0.717, 1.165) is 12.8 Å². The second-order valence-corrected chi connectivity index (χ2v) is 6.21. The Balaban J connectivity index is 2.76. The van der Waals surface area contributed by atoms with Crippen molar-refractivity contribution in [3.05, 3.63) is 0 Å². The lowest BCUT2D eigenvalue weighted by Crippen LogP contribution is -2.29. The average molecular weight is 224 g/mol. The van der Waals surface area contributed by atoms with E-state index >= 15 is 0 Å². The van der Waals surface area contributed by atoms with E-state index in [1.54, 1.807) is 0 Å². The normalized spacial score (nSPS) is 18.9. The fourth-order valence-corrected chi connectivity index (χ4v) is 1.66. The minimum absolute atomic E-state index is 0.0196. The van der Waals surface area contributed by atoms with Gasteiger partial charge in [0.05, 0.1) is 0 Å². The number of hydrogen-bond acceptors (Lipinski definition) is 2. The van der Waals surface area contributed by atoms with Crippen LogP contribution in [0.15, 0.2) is 0 Å². The average Bonchev–Trinajstić information content (AvgIpc) is 2.92. The second-order valence-electron chi connectivity index (χ2n) is 6.21. The standard InChI is InChI=1S/C14H24O2/c1-7-8-11(9-10-13(2,3)4)14(5,6)12-15-16-12/h11-12H,7-8H2,1-6H3. The van der Waals surface area contributed by atoms with Crippen LogP contribution < -0.4 is 0 Å². The first-order valence-corrected chi connectivity index (χ1v) is 6.12. The molecule has 16 heavy (non-hydrogen) atoms. The maximum absolute atomic E-state index is 4.96. The van der Waals surface area contributed by atoms with E-state index in [-0.39, 0.29) is 17.1 Å². The molecule has 2 heteroatoms. The topological polar surface area (TPSA) is 25.1 Å². The third-order valence-corrected chi connectivity index (χ3v) is 2.90. The van der Waals surface area contributed by atoms with Crippen molar-refractivity contribution >= 4 is 0 Å². The highest BCUT2D eigenvalue weighted by atomic mass is 17.4. The van der Waals surface area contributed by atoms with Gasteiger partial charge in [0.2, 0.25) is 6.29 Å². The van der Waals surface area contributed by atoms with E-state index < -0.39 is 0 Å². The summed E-state index contributed by atoms with van der Waals surface area (Å²) in [5.74, 6) is 7.08. The molecule has 0 aromatic rings. The van der Waals surface area contributed by atoms with Gasteiger partial charge in [0, 0.05) is 16.7 Å². The molecule has 0 saturated carbocycles. The zero-order chi connectivity index (χ0) is 12.4. The molecule has 1 unspecified atom stereocenters. The van der Waals surface area contributed by atoms with Crippen LogP contribution in [0.4, 0.5) is 0 Å². The van der Waals surface area contributed by atoms with Crippen LogP contribution in [0.1, 0.15) is 54.4 Å². The lowest BCUT2D eigenvalue weighted by molar-refractivity contribution is 0.0850. The highest BCUT2D eigenvalue weighted by Crippen LogP contribution is 2.42. The summed E-state index contributed by atoms with van der Waals surface area (Å²) in [6, 6.07) is 0. The van der Waals surface area contributed by atoms with Gasteiger partial charge in [-0.05, 0) is 27.2 Å². The molecule has 1 heterocycles. The fourth-order valence-electron chi connectivity index (χ4n) is 1.66. The second kappa shape index (κ2) is 4.77. The van der Waals surface area contributed by atoms with Crippen molar-refractivity contribution < 1.29 is 9.78 Å². The van der Waals surface area contributed by atoms with Crippen molar-refractivity contribution in [1.29, 1.82) is 0 Å². The zero-order valence-electron chi connectivity index (χ0n) is 11.4. The zero-order valence-corrected chi connectivity index (χ0v) is 11.4. The molecule has 1 saturated heterocycles. The van der Waals surface area contributed by atoms with Crippen LogP contribution >= 0.6 is 0 Å². The molecular weight excluding hydrogens is 200 g/mol. The molecule has 0 amide bonds. The van der Waals surface area contributed by atoms with Crippen LogP contribution in [-0.2, 0) is 9.78 Å². The van der Waals surface area contributed by atoms with Crippen molar-refractivity contribution in [2.75, 3.05) is 0 Å². The van der Waals surface area contributed by atoms with E-state index in [4.69, 9.17) is 9.78 Å². The first-order valence-electron chi connectivity index (χ1n) is 6.12. The van der Waals surface area contributed by atoms with Gasteiger partial charge >= 0.3 is 0 Å². The predicted molar refractivity (Wildman–Crippen MR) is 65.4 cm³/mol. The fraction of sp³-hybridized carbons (Fsp3) is 0.857. The Morgan fingerprint density at radius 1 is 1.12 bits per heavy atom. The molecule has 1 rings (SSSR count). The van der Waals surface area contributed by atoms with Crippen molar-refractivity contribution in [1.82, 2.24) is 0 Å². The minimum atomic E-state index is -0.0710. The van der Waals surface area contributed by atoms with Crippen LogP contribution in [0.25, 0.3) is 0 Å². The highest BCUT2D eigenvalue weighted by Gasteiger charge is 2.47. The molecule has 0 aromatic carbocycles. The third-order valence-electron chi connectivity index (χ3n) is 2.90. The molecule has 1 aliphatic heterocycles. The molecule has 1 aliphatic rings. The van der Waals surface area contributed by atoms with E-state index in [0.29, 0.717) is 5.92 Å². The van der Waals surface area contributed by atoms with Gasteiger partial charge in [0.25, 0.3) is 0 Å². The summed E-state index contributed by atoms with van der Waals surface area (Å²) in [7, 11) is 0. The van der Waals surface area contributed by atoms with Gasteiger partial charge in [-0.15, -0.1) is 0 Å². The Hall–Kier alpha value is -0.520. The molecule has 92 valence electrons. The SMILES string of the molecule is CCCC(C#CC(C)(C)C)C(C)(C)C1OO1. The molecule has 0 aromatic heterocycles. The summed E-state index contributed by atoms with van der Waals surface area (Å²) in [6.45, 7) is 12.9.